The Morgan fingerprint density at radius 1 is 0.826 bits per heavy atom. The highest BCUT2D eigenvalue weighted by molar-refractivity contribution is 5.65. The van der Waals surface area contributed by atoms with Crippen LogP contribution in [0.2, 0.25) is 0 Å². The van der Waals surface area contributed by atoms with Crippen molar-refractivity contribution in [3.05, 3.63) is 78.4 Å². The van der Waals surface area contributed by atoms with Gasteiger partial charge in [0.05, 0.1) is 20.8 Å². The fourth-order valence-electron chi connectivity index (χ4n) is 1.91. The number of nitro groups is 3. The van der Waals surface area contributed by atoms with Crippen molar-refractivity contribution < 1.29 is 14.8 Å². The van der Waals surface area contributed by atoms with E-state index in [4.69, 9.17) is 0 Å². The van der Waals surface area contributed by atoms with Crippen LogP contribution in [0.1, 0.15) is 5.56 Å². The first kappa shape index (κ1) is 15.8. The normalized spacial score (nSPS) is 10.1. The highest BCUT2D eigenvalue weighted by Crippen LogP contribution is 2.29. The van der Waals surface area contributed by atoms with Gasteiger partial charge in [0.2, 0.25) is 0 Å². The van der Waals surface area contributed by atoms with Crippen LogP contribution in [0, 0.1) is 30.3 Å². The lowest BCUT2D eigenvalue weighted by Gasteiger charge is -2.07. The molecule has 0 radical (unpaired) electrons. The zero-order valence-electron chi connectivity index (χ0n) is 11.5. The first-order valence-corrected chi connectivity index (χ1v) is 6.28. The second kappa shape index (κ2) is 6.47. The highest BCUT2D eigenvalue weighted by atomic mass is 16.6. The quantitative estimate of drug-likeness (QED) is 0.637. The lowest BCUT2D eigenvalue weighted by atomic mass is 10.2. The van der Waals surface area contributed by atoms with E-state index in [0.717, 1.165) is 12.1 Å². The van der Waals surface area contributed by atoms with Crippen molar-refractivity contribution >= 4 is 22.7 Å². The predicted molar refractivity (Wildman–Crippen MR) is 80.2 cm³/mol. The van der Waals surface area contributed by atoms with E-state index in [9.17, 15) is 30.3 Å². The van der Waals surface area contributed by atoms with E-state index >= 15 is 0 Å². The summed E-state index contributed by atoms with van der Waals surface area (Å²) in [5, 5.41) is 35.1. The highest BCUT2D eigenvalue weighted by Gasteiger charge is 2.19. The van der Waals surface area contributed by atoms with E-state index in [0.29, 0.717) is 5.56 Å². The molecule has 0 aliphatic rings. The van der Waals surface area contributed by atoms with Gasteiger partial charge in [-0.05, 0) is 11.6 Å². The molecule has 0 aliphatic carbocycles. The summed E-state index contributed by atoms with van der Waals surface area (Å²) in [6, 6.07) is 9.02. The van der Waals surface area contributed by atoms with E-state index in [1.165, 1.54) is 24.3 Å². The monoisotopic (exact) mass is 318 g/mol. The lowest BCUT2D eigenvalue weighted by molar-refractivity contribution is -0.393. The van der Waals surface area contributed by atoms with Crippen molar-refractivity contribution in [3.63, 3.8) is 0 Å². The summed E-state index contributed by atoms with van der Waals surface area (Å²) >= 11 is 0. The summed E-state index contributed by atoms with van der Waals surface area (Å²) in [7, 11) is 0. The van der Waals surface area contributed by atoms with Crippen molar-refractivity contribution in [1.82, 2.24) is 0 Å². The summed E-state index contributed by atoms with van der Waals surface area (Å²) < 4.78 is 0. The van der Waals surface area contributed by atoms with Gasteiger partial charge < -0.3 is 5.32 Å². The topological polar surface area (TPSA) is 141 Å². The zero-order valence-corrected chi connectivity index (χ0v) is 11.5. The number of benzene rings is 2. The Kier molecular flexibility index (Phi) is 4.45. The fourth-order valence-corrected chi connectivity index (χ4v) is 1.91. The van der Waals surface area contributed by atoms with E-state index in [-0.39, 0.29) is 17.9 Å². The van der Waals surface area contributed by atoms with Crippen molar-refractivity contribution in [2.75, 3.05) is 5.32 Å². The molecule has 0 aliphatic heterocycles. The molecule has 0 unspecified atom stereocenters. The van der Waals surface area contributed by atoms with E-state index in [1.807, 2.05) is 0 Å². The van der Waals surface area contributed by atoms with Crippen LogP contribution in [0.25, 0.3) is 0 Å². The number of hydrogen-bond acceptors (Lipinski definition) is 7. The van der Waals surface area contributed by atoms with Crippen LogP contribution in [0.5, 0.6) is 0 Å². The van der Waals surface area contributed by atoms with Crippen LogP contribution in [0.4, 0.5) is 22.7 Å². The van der Waals surface area contributed by atoms with Gasteiger partial charge in [-0.2, -0.15) is 0 Å². The molecule has 0 saturated heterocycles. The Bertz CT molecular complexity index is 792. The van der Waals surface area contributed by atoms with Gasteiger partial charge in [-0.3, -0.25) is 30.3 Å². The third-order valence-corrected chi connectivity index (χ3v) is 2.99. The number of nitrogens with one attached hydrogen (secondary N) is 1. The van der Waals surface area contributed by atoms with Gasteiger partial charge in [0.1, 0.15) is 5.69 Å². The van der Waals surface area contributed by atoms with E-state index in [2.05, 4.69) is 5.32 Å². The average Bonchev–Trinajstić information content (AvgIpc) is 2.52. The Labute approximate surface area is 128 Å². The molecule has 0 amide bonds. The molecule has 10 heteroatoms. The van der Waals surface area contributed by atoms with Crippen molar-refractivity contribution in [1.29, 1.82) is 0 Å². The molecule has 2 aromatic rings. The maximum atomic E-state index is 11.0. The van der Waals surface area contributed by atoms with Crippen LogP contribution in [0.3, 0.4) is 0 Å². The van der Waals surface area contributed by atoms with Crippen LogP contribution < -0.4 is 5.32 Å². The Balaban J connectivity index is 2.23. The zero-order chi connectivity index (χ0) is 17.0. The number of nitrogens with zero attached hydrogens (tertiary/aromatic N) is 3. The van der Waals surface area contributed by atoms with Crippen LogP contribution in [0.15, 0.2) is 42.5 Å². The maximum Gasteiger partial charge on any atom is 0.299 e. The summed E-state index contributed by atoms with van der Waals surface area (Å²) in [5.74, 6) is 0. The number of rotatable bonds is 6. The molecule has 0 atom stereocenters. The molecule has 0 saturated carbocycles. The third-order valence-electron chi connectivity index (χ3n) is 2.99. The summed E-state index contributed by atoms with van der Waals surface area (Å²) in [4.78, 5) is 30.4. The molecule has 2 aromatic carbocycles. The van der Waals surface area contributed by atoms with Gasteiger partial charge in [-0.25, -0.2) is 0 Å². The molecule has 118 valence electrons. The molecule has 0 bridgehead atoms. The SMILES string of the molecule is O=[N+]([O-])c1cccc(CNc2ccc([N+](=O)[O-])cc2[N+](=O)[O-])c1. The molecule has 0 heterocycles. The Morgan fingerprint density at radius 3 is 2.09 bits per heavy atom. The molecular formula is C13H10N4O6. The molecule has 1 N–H and O–H groups in total. The van der Waals surface area contributed by atoms with Crippen molar-refractivity contribution in [3.8, 4) is 0 Å². The van der Waals surface area contributed by atoms with Gasteiger partial charge >= 0.3 is 0 Å². The van der Waals surface area contributed by atoms with E-state index < -0.39 is 26.1 Å². The molecule has 2 rings (SSSR count). The largest absolute Gasteiger partial charge is 0.375 e. The standard InChI is InChI=1S/C13H10N4O6/c18-15(19)10-3-1-2-9(6-10)8-14-12-5-4-11(16(20)21)7-13(12)17(22)23/h1-7,14H,8H2. The molecule has 0 aromatic heterocycles. The van der Waals surface area contributed by atoms with Crippen LogP contribution in [-0.2, 0) is 6.54 Å². The third kappa shape index (κ3) is 3.75. The molecular weight excluding hydrogens is 308 g/mol. The average molecular weight is 318 g/mol. The Hall–Kier alpha value is -3.56. The van der Waals surface area contributed by atoms with Gasteiger partial charge in [0, 0.05) is 24.7 Å². The summed E-state index contributed by atoms with van der Waals surface area (Å²) in [6.07, 6.45) is 0. The van der Waals surface area contributed by atoms with Crippen LogP contribution in [-0.4, -0.2) is 14.8 Å². The Morgan fingerprint density at radius 2 is 1.48 bits per heavy atom. The predicted octanol–water partition coefficient (Wildman–Crippen LogP) is 3.02. The molecule has 23 heavy (non-hydrogen) atoms. The van der Waals surface area contributed by atoms with E-state index in [1.54, 1.807) is 6.07 Å². The van der Waals surface area contributed by atoms with Gasteiger partial charge in [-0.1, -0.05) is 12.1 Å². The minimum Gasteiger partial charge on any atom is -0.375 e. The number of nitro benzene ring substituents is 3. The number of anilines is 1. The number of non-ortho nitro benzene ring substituents is 2. The van der Waals surface area contributed by atoms with Gasteiger partial charge in [-0.15, -0.1) is 0 Å². The van der Waals surface area contributed by atoms with Crippen molar-refractivity contribution in [2.45, 2.75) is 6.54 Å². The minimum atomic E-state index is -0.733. The lowest BCUT2D eigenvalue weighted by Crippen LogP contribution is -2.03. The van der Waals surface area contributed by atoms with Crippen molar-refractivity contribution in [2.24, 2.45) is 0 Å². The summed E-state index contributed by atoms with van der Waals surface area (Å²) in [6.45, 7) is 0.0976. The first-order valence-electron chi connectivity index (χ1n) is 6.28. The second-order valence-corrected chi connectivity index (χ2v) is 4.50. The fraction of sp³-hybridized carbons (Fsp3) is 0.0769. The molecule has 0 fully saturated rings. The van der Waals surface area contributed by atoms with Crippen LogP contribution >= 0.6 is 0 Å². The second-order valence-electron chi connectivity index (χ2n) is 4.50. The summed E-state index contributed by atoms with van der Waals surface area (Å²) in [5.41, 5.74) is -0.288. The molecule has 10 nitrogen and oxygen atoms in total. The van der Waals surface area contributed by atoms with Gasteiger partial charge in [0.15, 0.2) is 0 Å². The first-order chi connectivity index (χ1) is 10.9. The maximum absolute atomic E-state index is 11.0. The minimum absolute atomic E-state index is 0.0899. The number of hydrogen-bond donors (Lipinski definition) is 1. The smallest absolute Gasteiger partial charge is 0.299 e. The van der Waals surface area contributed by atoms with Gasteiger partial charge in [0.25, 0.3) is 17.1 Å². The molecule has 0 spiro atoms.